The first kappa shape index (κ1) is 13.4. The van der Waals surface area contributed by atoms with Crippen LogP contribution in [0.1, 0.15) is 16.7 Å². The number of rotatable bonds is 4. The monoisotopic (exact) mass is 252 g/mol. The second-order valence-electron chi connectivity index (χ2n) is 3.77. The van der Waals surface area contributed by atoms with E-state index in [1.165, 1.54) is 0 Å². The number of benzene rings is 1. The molecule has 0 heterocycles. The first-order chi connectivity index (χ1) is 7.95. The third-order valence-corrected chi connectivity index (χ3v) is 2.61. The summed E-state index contributed by atoms with van der Waals surface area (Å²) >= 11 is 4.92. The second kappa shape index (κ2) is 5.63. The van der Waals surface area contributed by atoms with E-state index in [1.807, 2.05) is 26.0 Å². The minimum atomic E-state index is -0.165. The van der Waals surface area contributed by atoms with Gasteiger partial charge >= 0.3 is 0 Å². The fourth-order valence-electron chi connectivity index (χ4n) is 1.53. The Morgan fingerprint density at radius 2 is 1.94 bits per heavy atom. The lowest BCUT2D eigenvalue weighted by Gasteiger charge is -2.13. The van der Waals surface area contributed by atoms with Crippen molar-refractivity contribution in [3.63, 3.8) is 0 Å². The molecule has 0 spiro atoms. The van der Waals surface area contributed by atoms with E-state index in [-0.39, 0.29) is 12.5 Å². The number of likely N-dealkylation sites (N-methyl/N-ethyl adjacent to an activating group) is 1. The molecule has 0 aromatic heterocycles. The summed E-state index contributed by atoms with van der Waals surface area (Å²) in [5, 5.41) is 2.50. The Kier molecular flexibility index (Phi) is 4.45. The van der Waals surface area contributed by atoms with E-state index in [4.69, 9.17) is 22.7 Å². The molecule has 1 rings (SSSR count). The Hall–Kier alpha value is -1.62. The summed E-state index contributed by atoms with van der Waals surface area (Å²) in [5.74, 6) is 0.538. The lowest BCUT2D eigenvalue weighted by atomic mass is 10.1. The Morgan fingerprint density at radius 1 is 1.41 bits per heavy atom. The Labute approximate surface area is 106 Å². The first-order valence-electron chi connectivity index (χ1n) is 5.20. The first-order valence-corrected chi connectivity index (χ1v) is 5.61. The largest absolute Gasteiger partial charge is 0.483 e. The van der Waals surface area contributed by atoms with Crippen molar-refractivity contribution >= 4 is 23.1 Å². The number of thiocarbonyl (C=S) groups is 1. The van der Waals surface area contributed by atoms with Crippen molar-refractivity contribution in [1.29, 1.82) is 0 Å². The van der Waals surface area contributed by atoms with Gasteiger partial charge in [-0.1, -0.05) is 12.2 Å². The number of ether oxygens (including phenoxy) is 1. The molecule has 0 aliphatic carbocycles. The Morgan fingerprint density at radius 3 is 2.35 bits per heavy atom. The van der Waals surface area contributed by atoms with E-state index in [9.17, 15) is 4.79 Å². The lowest BCUT2D eigenvalue weighted by Crippen LogP contribution is -2.25. The van der Waals surface area contributed by atoms with E-state index in [1.54, 1.807) is 7.05 Å². The van der Waals surface area contributed by atoms with Gasteiger partial charge < -0.3 is 15.8 Å². The number of hydrogen-bond acceptors (Lipinski definition) is 3. The molecule has 92 valence electrons. The molecular formula is C12H16N2O2S. The minimum absolute atomic E-state index is 0.00456. The van der Waals surface area contributed by atoms with Gasteiger partial charge in [-0.25, -0.2) is 0 Å². The number of carbonyl (C=O) groups excluding carboxylic acids is 1. The number of amides is 1. The molecule has 0 saturated heterocycles. The van der Waals surface area contributed by atoms with Crippen LogP contribution in [0.15, 0.2) is 12.1 Å². The van der Waals surface area contributed by atoms with Crippen molar-refractivity contribution in [2.24, 2.45) is 5.73 Å². The summed E-state index contributed by atoms with van der Waals surface area (Å²) in [4.78, 5) is 11.5. The highest BCUT2D eigenvalue weighted by Gasteiger charge is 2.09. The zero-order valence-electron chi connectivity index (χ0n) is 10.2. The quantitative estimate of drug-likeness (QED) is 0.787. The average molecular weight is 252 g/mol. The molecule has 0 bridgehead atoms. The highest BCUT2D eigenvalue weighted by Crippen LogP contribution is 2.24. The molecule has 0 saturated carbocycles. The fraction of sp³-hybridized carbons (Fsp3) is 0.333. The van der Waals surface area contributed by atoms with Crippen LogP contribution >= 0.6 is 12.2 Å². The van der Waals surface area contributed by atoms with Gasteiger partial charge in [-0.3, -0.25) is 4.79 Å². The molecule has 5 heteroatoms. The summed E-state index contributed by atoms with van der Waals surface area (Å²) in [6.45, 7) is 3.80. The summed E-state index contributed by atoms with van der Waals surface area (Å²) in [6.07, 6.45) is 0. The van der Waals surface area contributed by atoms with Gasteiger partial charge in [0.05, 0.1) is 0 Å². The molecule has 17 heavy (non-hydrogen) atoms. The van der Waals surface area contributed by atoms with Gasteiger partial charge in [0.2, 0.25) is 0 Å². The number of carbonyl (C=O) groups is 1. The topological polar surface area (TPSA) is 64.3 Å². The lowest BCUT2D eigenvalue weighted by molar-refractivity contribution is -0.122. The van der Waals surface area contributed by atoms with Crippen molar-refractivity contribution < 1.29 is 9.53 Å². The summed E-state index contributed by atoms with van der Waals surface area (Å²) in [6, 6.07) is 3.71. The summed E-state index contributed by atoms with van der Waals surface area (Å²) in [5.41, 5.74) is 8.21. The zero-order valence-corrected chi connectivity index (χ0v) is 11.0. The summed E-state index contributed by atoms with van der Waals surface area (Å²) in [7, 11) is 1.57. The maximum Gasteiger partial charge on any atom is 0.257 e. The van der Waals surface area contributed by atoms with E-state index >= 15 is 0 Å². The molecule has 0 aliphatic rings. The van der Waals surface area contributed by atoms with Crippen LogP contribution < -0.4 is 15.8 Å². The van der Waals surface area contributed by atoms with Gasteiger partial charge in [0.1, 0.15) is 10.7 Å². The van der Waals surface area contributed by atoms with Crippen LogP contribution in [0.4, 0.5) is 0 Å². The fourth-order valence-corrected chi connectivity index (χ4v) is 1.65. The van der Waals surface area contributed by atoms with Gasteiger partial charge in [0.15, 0.2) is 6.61 Å². The molecule has 0 unspecified atom stereocenters. The number of hydrogen-bond donors (Lipinski definition) is 2. The molecule has 0 aliphatic heterocycles. The van der Waals surface area contributed by atoms with Crippen LogP contribution in [0.5, 0.6) is 5.75 Å². The molecule has 0 atom stereocenters. The highest BCUT2D eigenvalue weighted by atomic mass is 32.1. The minimum Gasteiger partial charge on any atom is -0.483 e. The molecule has 1 aromatic rings. The number of aryl methyl sites for hydroxylation is 2. The van der Waals surface area contributed by atoms with Gasteiger partial charge in [0, 0.05) is 12.6 Å². The Bertz CT molecular complexity index is 435. The van der Waals surface area contributed by atoms with E-state index in [0.29, 0.717) is 10.7 Å². The Balaban J connectivity index is 2.94. The standard InChI is InChI=1S/C12H16N2O2S/c1-7-4-9(12(13)17)5-8(2)11(7)16-6-10(15)14-3/h4-5H,6H2,1-3H3,(H2,13,17)(H,14,15). The summed E-state index contributed by atoms with van der Waals surface area (Å²) < 4.78 is 5.46. The van der Waals surface area contributed by atoms with Gasteiger partial charge in [-0.15, -0.1) is 0 Å². The second-order valence-corrected chi connectivity index (χ2v) is 4.21. The predicted octanol–water partition coefficient (Wildman–Crippen LogP) is 1.06. The number of nitrogens with one attached hydrogen (secondary N) is 1. The zero-order chi connectivity index (χ0) is 13.0. The third kappa shape index (κ3) is 3.42. The maximum atomic E-state index is 11.1. The van der Waals surface area contributed by atoms with Crippen LogP contribution in [-0.4, -0.2) is 24.6 Å². The van der Waals surface area contributed by atoms with E-state index < -0.39 is 0 Å². The van der Waals surface area contributed by atoms with Crippen LogP contribution in [0.3, 0.4) is 0 Å². The van der Waals surface area contributed by atoms with E-state index in [0.717, 1.165) is 16.7 Å². The average Bonchev–Trinajstić information content (AvgIpc) is 2.27. The van der Waals surface area contributed by atoms with Crippen LogP contribution in [0.25, 0.3) is 0 Å². The smallest absolute Gasteiger partial charge is 0.257 e. The maximum absolute atomic E-state index is 11.1. The van der Waals surface area contributed by atoms with E-state index in [2.05, 4.69) is 5.32 Å². The molecule has 3 N–H and O–H groups in total. The molecule has 0 radical (unpaired) electrons. The van der Waals surface area contributed by atoms with Crippen LogP contribution in [0.2, 0.25) is 0 Å². The molecule has 0 fully saturated rings. The molecule has 1 amide bonds. The SMILES string of the molecule is CNC(=O)COc1c(C)cc(C(N)=S)cc1C. The highest BCUT2D eigenvalue weighted by molar-refractivity contribution is 7.80. The van der Waals surface area contributed by atoms with Gasteiger partial charge in [-0.2, -0.15) is 0 Å². The van der Waals surface area contributed by atoms with Crippen molar-refractivity contribution in [2.75, 3.05) is 13.7 Å². The molecule has 4 nitrogen and oxygen atoms in total. The van der Waals surface area contributed by atoms with Crippen molar-refractivity contribution in [3.8, 4) is 5.75 Å². The van der Waals surface area contributed by atoms with Crippen molar-refractivity contribution in [1.82, 2.24) is 5.32 Å². The third-order valence-electron chi connectivity index (χ3n) is 2.37. The van der Waals surface area contributed by atoms with Crippen molar-refractivity contribution in [3.05, 3.63) is 28.8 Å². The predicted molar refractivity (Wildman–Crippen MR) is 71.4 cm³/mol. The molecular weight excluding hydrogens is 236 g/mol. The molecule has 1 aromatic carbocycles. The van der Waals surface area contributed by atoms with Gasteiger partial charge in [-0.05, 0) is 37.1 Å². The van der Waals surface area contributed by atoms with Gasteiger partial charge in [0.25, 0.3) is 5.91 Å². The van der Waals surface area contributed by atoms with Crippen LogP contribution in [-0.2, 0) is 4.79 Å². The number of nitrogens with two attached hydrogens (primary N) is 1. The van der Waals surface area contributed by atoms with Crippen molar-refractivity contribution in [2.45, 2.75) is 13.8 Å². The normalized spacial score (nSPS) is 9.82. The van der Waals surface area contributed by atoms with Crippen LogP contribution in [0, 0.1) is 13.8 Å².